The summed E-state index contributed by atoms with van der Waals surface area (Å²) in [4.78, 5) is 15.3. The van der Waals surface area contributed by atoms with Crippen LogP contribution in [-0.2, 0) is 5.41 Å². The van der Waals surface area contributed by atoms with Gasteiger partial charge in [-0.05, 0) is 79.9 Å². The van der Waals surface area contributed by atoms with E-state index in [1.807, 2.05) is 48.5 Å². The van der Waals surface area contributed by atoms with Crippen molar-refractivity contribution in [2.45, 2.75) is 19.3 Å². The lowest BCUT2D eigenvalue weighted by Crippen LogP contribution is -2.14. The predicted molar refractivity (Wildman–Crippen MR) is 237 cm³/mol. The summed E-state index contributed by atoms with van der Waals surface area (Å²) >= 11 is 0. The summed E-state index contributed by atoms with van der Waals surface area (Å²) in [5, 5.41) is 1.99. The molecule has 0 aliphatic heterocycles. The second kappa shape index (κ2) is 13.4. The first-order valence-electron chi connectivity index (χ1n) is 19.8. The summed E-state index contributed by atoms with van der Waals surface area (Å²) in [7, 11) is 0. The Morgan fingerprint density at radius 1 is 0.345 bits per heavy atom. The molecule has 274 valence electrons. The maximum atomic E-state index is 6.54. The second-order valence-electron chi connectivity index (χ2n) is 15.6. The molecule has 2 aromatic heterocycles. The Kier molecular flexibility index (Phi) is 7.80. The van der Waals surface area contributed by atoms with E-state index >= 15 is 0 Å². The Hall–Kier alpha value is -7.43. The molecule has 0 unspecified atom stereocenters. The number of aromatic nitrogens is 3. The van der Waals surface area contributed by atoms with E-state index in [4.69, 9.17) is 19.4 Å². The molecular weight excluding hydrogens is 707 g/mol. The lowest BCUT2D eigenvalue weighted by atomic mass is 9.82. The third-order valence-corrected chi connectivity index (χ3v) is 11.8. The molecule has 0 atom stereocenters. The summed E-state index contributed by atoms with van der Waals surface area (Å²) in [6.07, 6.45) is 0. The van der Waals surface area contributed by atoms with Crippen LogP contribution in [0, 0.1) is 0 Å². The van der Waals surface area contributed by atoms with E-state index in [9.17, 15) is 0 Å². The van der Waals surface area contributed by atoms with E-state index in [-0.39, 0.29) is 5.41 Å². The molecule has 11 rings (SSSR count). The van der Waals surface area contributed by atoms with Crippen LogP contribution < -0.4 is 0 Å². The number of furan rings is 1. The van der Waals surface area contributed by atoms with Gasteiger partial charge >= 0.3 is 0 Å². The highest BCUT2D eigenvalue weighted by Gasteiger charge is 2.35. The van der Waals surface area contributed by atoms with Crippen molar-refractivity contribution in [2.75, 3.05) is 0 Å². The number of rotatable bonds is 6. The summed E-state index contributed by atoms with van der Waals surface area (Å²) in [6, 6.07) is 66.1. The van der Waals surface area contributed by atoms with E-state index in [0.29, 0.717) is 17.5 Å². The highest BCUT2D eigenvalue weighted by molar-refractivity contribution is 6.13. The summed E-state index contributed by atoms with van der Waals surface area (Å²) in [5.74, 6) is 1.83. The van der Waals surface area contributed by atoms with Crippen LogP contribution in [0.2, 0.25) is 0 Å². The van der Waals surface area contributed by atoms with Crippen molar-refractivity contribution >= 4 is 21.9 Å². The van der Waals surface area contributed by atoms with Crippen LogP contribution in [0.3, 0.4) is 0 Å². The molecule has 4 nitrogen and oxygen atoms in total. The molecule has 1 aliphatic carbocycles. The molecule has 0 saturated carbocycles. The van der Waals surface area contributed by atoms with Gasteiger partial charge in [-0.3, -0.25) is 0 Å². The molecule has 0 bridgehead atoms. The molecule has 58 heavy (non-hydrogen) atoms. The fourth-order valence-corrected chi connectivity index (χ4v) is 8.84. The van der Waals surface area contributed by atoms with Gasteiger partial charge in [0.1, 0.15) is 11.2 Å². The molecule has 0 N–H and O–H groups in total. The average Bonchev–Trinajstić information content (AvgIpc) is 3.78. The fourth-order valence-electron chi connectivity index (χ4n) is 8.84. The quantitative estimate of drug-likeness (QED) is 0.170. The van der Waals surface area contributed by atoms with Crippen molar-refractivity contribution < 1.29 is 4.42 Å². The number of nitrogens with zero attached hydrogens (tertiary/aromatic N) is 3. The van der Waals surface area contributed by atoms with E-state index < -0.39 is 0 Å². The van der Waals surface area contributed by atoms with Gasteiger partial charge in [-0.25, -0.2) is 15.0 Å². The minimum absolute atomic E-state index is 0.0385. The first-order valence-corrected chi connectivity index (χ1v) is 19.8. The molecule has 0 amide bonds. The van der Waals surface area contributed by atoms with Gasteiger partial charge in [0.15, 0.2) is 17.5 Å². The highest BCUT2D eigenvalue weighted by Crippen LogP contribution is 2.50. The maximum Gasteiger partial charge on any atom is 0.164 e. The normalized spacial score (nSPS) is 12.8. The topological polar surface area (TPSA) is 51.8 Å². The maximum absolute atomic E-state index is 6.54. The van der Waals surface area contributed by atoms with Gasteiger partial charge in [0.05, 0.1) is 0 Å². The van der Waals surface area contributed by atoms with Gasteiger partial charge in [0.25, 0.3) is 0 Å². The largest absolute Gasteiger partial charge is 0.456 e. The van der Waals surface area contributed by atoms with Gasteiger partial charge in [-0.15, -0.1) is 0 Å². The zero-order chi connectivity index (χ0) is 38.8. The van der Waals surface area contributed by atoms with Crippen LogP contribution in [0.15, 0.2) is 192 Å². The zero-order valence-corrected chi connectivity index (χ0v) is 32.1. The Morgan fingerprint density at radius 3 is 1.57 bits per heavy atom. The standard InChI is InChI=1S/C54H37N3O/c1-54(2)46-22-12-11-20-42(46)44-32-38(28-30-47(44)54)40-18-9-10-19-41(40)39-29-31-48-45(33-39)50-43(21-13-23-49(50)58-48)53-56-51(36-16-7-4-8-17-36)55-52(57-53)37-26-24-35(25-27-37)34-14-5-3-6-15-34/h3-33H,1-2H3. The van der Waals surface area contributed by atoms with Gasteiger partial charge in [0.2, 0.25) is 0 Å². The number of fused-ring (bicyclic) bond motifs is 6. The van der Waals surface area contributed by atoms with Crippen LogP contribution in [0.1, 0.15) is 25.0 Å². The first-order chi connectivity index (χ1) is 28.5. The smallest absolute Gasteiger partial charge is 0.164 e. The van der Waals surface area contributed by atoms with E-state index in [2.05, 4.69) is 153 Å². The van der Waals surface area contributed by atoms with Crippen LogP contribution in [-0.4, -0.2) is 15.0 Å². The Bertz CT molecular complexity index is 3180. The molecular formula is C54H37N3O. The van der Waals surface area contributed by atoms with Gasteiger partial charge in [0, 0.05) is 32.9 Å². The molecule has 1 aliphatic rings. The van der Waals surface area contributed by atoms with Crippen molar-refractivity contribution in [3.05, 3.63) is 199 Å². The van der Waals surface area contributed by atoms with Crippen molar-refractivity contribution in [2.24, 2.45) is 0 Å². The van der Waals surface area contributed by atoms with Crippen molar-refractivity contribution in [3.63, 3.8) is 0 Å². The highest BCUT2D eigenvalue weighted by atomic mass is 16.3. The van der Waals surface area contributed by atoms with Crippen LogP contribution in [0.4, 0.5) is 0 Å². The molecule has 0 fully saturated rings. The zero-order valence-electron chi connectivity index (χ0n) is 32.1. The fraction of sp³-hybridized carbons (Fsp3) is 0.0556. The summed E-state index contributed by atoms with van der Waals surface area (Å²) in [6.45, 7) is 4.65. The molecule has 0 saturated heterocycles. The number of benzene rings is 8. The number of hydrogen-bond acceptors (Lipinski definition) is 4. The molecule has 0 radical (unpaired) electrons. The van der Waals surface area contributed by atoms with Crippen molar-refractivity contribution in [1.82, 2.24) is 15.0 Å². The van der Waals surface area contributed by atoms with Crippen LogP contribution in [0.5, 0.6) is 0 Å². The molecule has 4 heteroatoms. The minimum Gasteiger partial charge on any atom is -0.456 e. The first kappa shape index (κ1) is 33.9. The second-order valence-corrected chi connectivity index (χ2v) is 15.6. The molecule has 8 aromatic carbocycles. The van der Waals surface area contributed by atoms with Gasteiger partial charge < -0.3 is 4.42 Å². The Balaban J connectivity index is 1.05. The van der Waals surface area contributed by atoms with Crippen LogP contribution >= 0.6 is 0 Å². The Labute approximate surface area is 337 Å². The van der Waals surface area contributed by atoms with Crippen LogP contribution in [0.25, 0.3) is 101 Å². The minimum atomic E-state index is -0.0385. The third kappa shape index (κ3) is 5.56. The lowest BCUT2D eigenvalue weighted by Gasteiger charge is -2.21. The average molecular weight is 744 g/mol. The third-order valence-electron chi connectivity index (χ3n) is 11.8. The van der Waals surface area contributed by atoms with E-state index in [0.717, 1.165) is 60.9 Å². The van der Waals surface area contributed by atoms with Crippen molar-refractivity contribution in [1.29, 1.82) is 0 Å². The van der Waals surface area contributed by atoms with E-state index in [1.165, 1.54) is 33.4 Å². The number of hydrogen-bond donors (Lipinski definition) is 0. The molecule has 2 heterocycles. The summed E-state index contributed by atoms with van der Waals surface area (Å²) < 4.78 is 6.54. The van der Waals surface area contributed by atoms with Gasteiger partial charge in [-0.2, -0.15) is 0 Å². The lowest BCUT2D eigenvalue weighted by molar-refractivity contribution is 0.660. The van der Waals surface area contributed by atoms with Gasteiger partial charge in [-0.1, -0.05) is 178 Å². The van der Waals surface area contributed by atoms with Crippen molar-refractivity contribution in [3.8, 4) is 78.7 Å². The SMILES string of the molecule is CC1(C)c2ccccc2-c2cc(-c3ccccc3-c3ccc4oc5cccc(-c6nc(-c7ccccc7)nc(-c7ccc(-c8ccccc8)cc7)n6)c5c4c3)ccc21. The predicted octanol–water partition coefficient (Wildman–Crippen LogP) is 14.1. The molecule has 0 spiro atoms. The van der Waals surface area contributed by atoms with E-state index in [1.54, 1.807) is 0 Å². The summed E-state index contributed by atoms with van der Waals surface area (Å²) in [5.41, 5.74) is 16.6. The molecule has 10 aromatic rings. The Morgan fingerprint density at radius 2 is 0.845 bits per heavy atom. The monoisotopic (exact) mass is 743 g/mol.